The van der Waals surface area contributed by atoms with Gasteiger partial charge in [0.25, 0.3) is 5.91 Å². The Morgan fingerprint density at radius 3 is 2.48 bits per heavy atom. The Morgan fingerprint density at radius 1 is 1.09 bits per heavy atom. The number of aromatic nitrogens is 1. The lowest BCUT2D eigenvalue weighted by Gasteiger charge is -2.12. The minimum absolute atomic E-state index is 0.0526. The zero-order valence-electron chi connectivity index (χ0n) is 13.7. The van der Waals surface area contributed by atoms with Gasteiger partial charge in [-0.3, -0.25) is 4.79 Å². The number of hydrogen-bond donors (Lipinski definition) is 1. The van der Waals surface area contributed by atoms with Crippen LogP contribution in [0.4, 0.5) is 5.69 Å². The first-order valence-electron chi connectivity index (χ1n) is 7.65. The Hall–Kier alpha value is -2.75. The predicted molar refractivity (Wildman–Crippen MR) is 94.9 cm³/mol. The zero-order valence-corrected chi connectivity index (χ0v) is 13.7. The van der Waals surface area contributed by atoms with Crippen molar-refractivity contribution in [1.29, 1.82) is 0 Å². The molecular weight excluding hydrogens is 286 g/mol. The number of benzene rings is 2. The van der Waals surface area contributed by atoms with Crippen LogP contribution in [0, 0.1) is 0 Å². The maximum absolute atomic E-state index is 12.3. The van der Waals surface area contributed by atoms with Gasteiger partial charge in [-0.15, -0.1) is 0 Å². The summed E-state index contributed by atoms with van der Waals surface area (Å²) in [6, 6.07) is 15.8. The number of carbonyl (C=O) groups excluding carboxylic acids is 1. The van der Waals surface area contributed by atoms with Crippen molar-refractivity contribution in [2.24, 2.45) is 7.05 Å². The lowest BCUT2D eigenvalue weighted by Crippen LogP contribution is -2.22. The molecule has 1 heterocycles. The largest absolute Gasteiger partial charge is 0.378 e. The van der Waals surface area contributed by atoms with Crippen molar-refractivity contribution in [3.05, 3.63) is 65.9 Å². The summed E-state index contributed by atoms with van der Waals surface area (Å²) in [6.45, 7) is 0.523. The van der Waals surface area contributed by atoms with E-state index in [9.17, 15) is 4.79 Å². The molecule has 2 aromatic carbocycles. The van der Waals surface area contributed by atoms with Crippen molar-refractivity contribution in [3.63, 3.8) is 0 Å². The summed E-state index contributed by atoms with van der Waals surface area (Å²) >= 11 is 0. The van der Waals surface area contributed by atoms with Crippen LogP contribution < -0.4 is 10.2 Å². The quantitative estimate of drug-likeness (QED) is 0.804. The van der Waals surface area contributed by atoms with E-state index >= 15 is 0 Å². The van der Waals surface area contributed by atoms with Gasteiger partial charge in [-0.2, -0.15) is 0 Å². The highest BCUT2D eigenvalue weighted by Gasteiger charge is 2.09. The number of nitrogens with zero attached hydrogens (tertiary/aromatic N) is 2. The van der Waals surface area contributed by atoms with Crippen molar-refractivity contribution < 1.29 is 4.79 Å². The second-order valence-corrected chi connectivity index (χ2v) is 5.91. The molecule has 1 amide bonds. The van der Waals surface area contributed by atoms with Gasteiger partial charge in [0.2, 0.25) is 0 Å². The van der Waals surface area contributed by atoms with E-state index in [1.54, 1.807) is 0 Å². The van der Waals surface area contributed by atoms with E-state index < -0.39 is 0 Å². The number of anilines is 1. The van der Waals surface area contributed by atoms with Crippen LogP contribution in [0.2, 0.25) is 0 Å². The van der Waals surface area contributed by atoms with Gasteiger partial charge >= 0.3 is 0 Å². The molecule has 1 N–H and O–H groups in total. The van der Waals surface area contributed by atoms with Gasteiger partial charge in [0.1, 0.15) is 0 Å². The van der Waals surface area contributed by atoms with Crippen LogP contribution in [0.25, 0.3) is 10.9 Å². The van der Waals surface area contributed by atoms with E-state index in [4.69, 9.17) is 0 Å². The number of aryl methyl sites for hydroxylation is 1. The molecule has 118 valence electrons. The third-order valence-electron chi connectivity index (χ3n) is 4.06. The molecule has 4 heteroatoms. The number of carbonyl (C=O) groups is 1. The monoisotopic (exact) mass is 307 g/mol. The van der Waals surface area contributed by atoms with Crippen molar-refractivity contribution in [1.82, 2.24) is 9.88 Å². The van der Waals surface area contributed by atoms with Gasteiger partial charge in [0, 0.05) is 56.0 Å². The minimum Gasteiger partial charge on any atom is -0.378 e. The molecular formula is C19H21N3O. The van der Waals surface area contributed by atoms with E-state index in [-0.39, 0.29) is 5.91 Å². The van der Waals surface area contributed by atoms with Crippen LogP contribution >= 0.6 is 0 Å². The van der Waals surface area contributed by atoms with Gasteiger partial charge in [0.15, 0.2) is 0 Å². The maximum Gasteiger partial charge on any atom is 0.251 e. The summed E-state index contributed by atoms with van der Waals surface area (Å²) < 4.78 is 2.09. The van der Waals surface area contributed by atoms with Gasteiger partial charge in [-0.25, -0.2) is 0 Å². The molecule has 23 heavy (non-hydrogen) atoms. The Kier molecular flexibility index (Phi) is 4.06. The average molecular weight is 307 g/mol. The van der Waals surface area contributed by atoms with E-state index in [0.29, 0.717) is 12.1 Å². The van der Waals surface area contributed by atoms with Crippen LogP contribution in [0.1, 0.15) is 15.9 Å². The van der Waals surface area contributed by atoms with Crippen molar-refractivity contribution >= 4 is 22.5 Å². The normalized spacial score (nSPS) is 10.7. The SMILES string of the molecule is CN(C)c1ccc(C(=O)NCc2cn(C)c3ccccc23)cc1. The first-order valence-corrected chi connectivity index (χ1v) is 7.65. The van der Waals surface area contributed by atoms with E-state index in [0.717, 1.165) is 11.3 Å². The molecule has 0 aliphatic heterocycles. The molecule has 0 saturated heterocycles. The predicted octanol–water partition coefficient (Wildman–Crippen LogP) is 3.17. The second kappa shape index (κ2) is 6.16. The topological polar surface area (TPSA) is 37.3 Å². The Labute approximate surface area is 136 Å². The van der Waals surface area contributed by atoms with Crippen LogP contribution in [0.3, 0.4) is 0 Å². The Morgan fingerprint density at radius 2 is 1.78 bits per heavy atom. The van der Waals surface area contributed by atoms with E-state index in [1.165, 1.54) is 10.9 Å². The summed E-state index contributed by atoms with van der Waals surface area (Å²) in [5.41, 5.74) is 4.06. The van der Waals surface area contributed by atoms with Crippen LogP contribution in [-0.4, -0.2) is 24.6 Å². The Balaban J connectivity index is 1.73. The van der Waals surface area contributed by atoms with Crippen LogP contribution in [-0.2, 0) is 13.6 Å². The third kappa shape index (κ3) is 3.06. The summed E-state index contributed by atoms with van der Waals surface area (Å²) in [5.74, 6) is -0.0526. The van der Waals surface area contributed by atoms with Gasteiger partial charge < -0.3 is 14.8 Å². The van der Waals surface area contributed by atoms with Gasteiger partial charge in [-0.1, -0.05) is 18.2 Å². The number of fused-ring (bicyclic) bond motifs is 1. The van der Waals surface area contributed by atoms with E-state index in [1.807, 2.05) is 62.4 Å². The maximum atomic E-state index is 12.3. The number of rotatable bonds is 4. The first kappa shape index (κ1) is 15.2. The highest BCUT2D eigenvalue weighted by molar-refractivity contribution is 5.95. The molecule has 0 unspecified atom stereocenters. The number of amides is 1. The second-order valence-electron chi connectivity index (χ2n) is 5.91. The summed E-state index contributed by atoms with van der Waals surface area (Å²) in [7, 11) is 5.98. The molecule has 0 bridgehead atoms. The molecule has 3 aromatic rings. The molecule has 1 aromatic heterocycles. The number of hydrogen-bond acceptors (Lipinski definition) is 2. The fraction of sp³-hybridized carbons (Fsp3) is 0.211. The first-order chi connectivity index (χ1) is 11.1. The molecule has 4 nitrogen and oxygen atoms in total. The molecule has 0 saturated carbocycles. The fourth-order valence-electron chi connectivity index (χ4n) is 2.75. The Bertz CT molecular complexity index is 831. The lowest BCUT2D eigenvalue weighted by atomic mass is 10.1. The van der Waals surface area contributed by atoms with Crippen LogP contribution in [0.15, 0.2) is 54.7 Å². The van der Waals surface area contributed by atoms with Crippen molar-refractivity contribution in [3.8, 4) is 0 Å². The highest BCUT2D eigenvalue weighted by atomic mass is 16.1. The summed E-state index contributed by atoms with van der Waals surface area (Å²) in [6.07, 6.45) is 2.07. The lowest BCUT2D eigenvalue weighted by molar-refractivity contribution is 0.0951. The molecule has 0 fully saturated rings. The minimum atomic E-state index is -0.0526. The molecule has 3 rings (SSSR count). The average Bonchev–Trinajstić information content (AvgIpc) is 2.89. The van der Waals surface area contributed by atoms with E-state index in [2.05, 4.69) is 28.2 Å². The molecule has 0 atom stereocenters. The van der Waals surface area contributed by atoms with Gasteiger partial charge in [-0.05, 0) is 35.9 Å². The molecule has 0 radical (unpaired) electrons. The summed E-state index contributed by atoms with van der Waals surface area (Å²) in [4.78, 5) is 14.3. The number of para-hydroxylation sites is 1. The molecule has 0 spiro atoms. The smallest absolute Gasteiger partial charge is 0.251 e. The van der Waals surface area contributed by atoms with Crippen molar-refractivity contribution in [2.45, 2.75) is 6.54 Å². The van der Waals surface area contributed by atoms with Crippen molar-refractivity contribution in [2.75, 3.05) is 19.0 Å². The van der Waals surface area contributed by atoms with Crippen LogP contribution in [0.5, 0.6) is 0 Å². The highest BCUT2D eigenvalue weighted by Crippen LogP contribution is 2.20. The molecule has 0 aliphatic rings. The standard InChI is InChI=1S/C19H21N3O/c1-21(2)16-10-8-14(9-11-16)19(23)20-12-15-13-22(3)18-7-5-4-6-17(15)18/h4-11,13H,12H2,1-3H3,(H,20,23). The fourth-order valence-corrected chi connectivity index (χ4v) is 2.75. The molecule has 0 aliphatic carbocycles. The zero-order chi connectivity index (χ0) is 16.4. The third-order valence-corrected chi connectivity index (χ3v) is 4.06. The van der Waals surface area contributed by atoms with Gasteiger partial charge in [0.05, 0.1) is 0 Å². The number of nitrogens with one attached hydrogen (secondary N) is 1. The summed E-state index contributed by atoms with van der Waals surface area (Å²) in [5, 5.41) is 4.18.